The Kier molecular flexibility index (Phi) is 3.85. The smallest absolute Gasteiger partial charge is 0.451 e. The minimum absolute atomic E-state index is 0.0471. The zero-order valence-electron chi connectivity index (χ0n) is 11.8. The SMILES string of the molecule is COc1ccc(Cn2cc3nc(C(F)(F)F)nc(Cl)c3n2)cc1. The van der Waals surface area contributed by atoms with Gasteiger partial charge < -0.3 is 4.74 Å². The Morgan fingerprint density at radius 1 is 1.17 bits per heavy atom. The number of aromatic nitrogens is 4. The van der Waals surface area contributed by atoms with E-state index in [1.165, 1.54) is 10.9 Å². The zero-order chi connectivity index (χ0) is 16.6. The first-order chi connectivity index (χ1) is 10.9. The molecule has 23 heavy (non-hydrogen) atoms. The summed E-state index contributed by atoms with van der Waals surface area (Å²) in [6.07, 6.45) is -3.25. The van der Waals surface area contributed by atoms with Gasteiger partial charge in [-0.3, -0.25) is 4.68 Å². The third-order valence-electron chi connectivity index (χ3n) is 3.13. The van der Waals surface area contributed by atoms with Crippen LogP contribution in [0, 0.1) is 0 Å². The summed E-state index contributed by atoms with van der Waals surface area (Å²) in [7, 11) is 1.56. The van der Waals surface area contributed by atoms with Crippen LogP contribution in [0.15, 0.2) is 30.5 Å². The van der Waals surface area contributed by atoms with E-state index >= 15 is 0 Å². The standard InChI is InChI=1S/C14H10ClF3N4O/c1-23-9-4-2-8(3-5-9)6-22-7-10-11(21-22)12(15)20-13(19-10)14(16,17)18/h2-5,7H,6H2,1H3. The highest BCUT2D eigenvalue weighted by molar-refractivity contribution is 6.33. The lowest BCUT2D eigenvalue weighted by Crippen LogP contribution is -2.10. The summed E-state index contributed by atoms with van der Waals surface area (Å²) in [6.45, 7) is 0.359. The zero-order valence-corrected chi connectivity index (χ0v) is 12.6. The van der Waals surface area contributed by atoms with Gasteiger partial charge in [0.2, 0.25) is 5.82 Å². The summed E-state index contributed by atoms with van der Waals surface area (Å²) in [4.78, 5) is 6.73. The molecule has 2 heterocycles. The van der Waals surface area contributed by atoms with Crippen LogP contribution in [0.4, 0.5) is 13.2 Å². The molecular formula is C14H10ClF3N4O. The first kappa shape index (κ1) is 15.5. The van der Waals surface area contributed by atoms with Gasteiger partial charge in [0.05, 0.1) is 19.9 Å². The van der Waals surface area contributed by atoms with Crippen molar-refractivity contribution in [3.8, 4) is 5.75 Å². The molecule has 2 aromatic heterocycles. The molecule has 0 unspecified atom stereocenters. The van der Waals surface area contributed by atoms with Crippen LogP contribution >= 0.6 is 11.6 Å². The molecule has 5 nitrogen and oxygen atoms in total. The van der Waals surface area contributed by atoms with E-state index in [4.69, 9.17) is 16.3 Å². The molecule has 1 aromatic carbocycles. The van der Waals surface area contributed by atoms with Crippen LogP contribution in [-0.4, -0.2) is 26.9 Å². The normalized spacial score (nSPS) is 11.9. The quantitative estimate of drug-likeness (QED) is 0.683. The average molecular weight is 343 g/mol. The molecule has 0 fully saturated rings. The lowest BCUT2D eigenvalue weighted by Gasteiger charge is -2.03. The monoisotopic (exact) mass is 342 g/mol. The second-order valence-corrected chi connectivity index (χ2v) is 5.10. The number of methoxy groups -OCH3 is 1. The molecule has 0 saturated carbocycles. The highest BCUT2D eigenvalue weighted by Crippen LogP contribution is 2.29. The fourth-order valence-electron chi connectivity index (χ4n) is 2.05. The van der Waals surface area contributed by atoms with Crippen LogP contribution in [0.2, 0.25) is 5.15 Å². The fraction of sp³-hybridized carbons (Fsp3) is 0.214. The van der Waals surface area contributed by atoms with Crippen molar-refractivity contribution in [2.75, 3.05) is 7.11 Å². The number of nitrogens with zero attached hydrogens (tertiary/aromatic N) is 4. The average Bonchev–Trinajstić information content (AvgIpc) is 2.90. The van der Waals surface area contributed by atoms with Crippen molar-refractivity contribution in [3.05, 3.63) is 47.0 Å². The van der Waals surface area contributed by atoms with E-state index < -0.39 is 12.0 Å². The number of fused-ring (bicyclic) bond motifs is 1. The molecule has 0 spiro atoms. The molecule has 0 amide bonds. The fourth-order valence-corrected chi connectivity index (χ4v) is 2.27. The van der Waals surface area contributed by atoms with Crippen molar-refractivity contribution in [1.29, 1.82) is 0 Å². The minimum atomic E-state index is -4.66. The van der Waals surface area contributed by atoms with Gasteiger partial charge in [0.1, 0.15) is 16.8 Å². The molecular weight excluding hydrogens is 333 g/mol. The summed E-state index contributed by atoms with van der Waals surface area (Å²) in [5.41, 5.74) is 1.08. The van der Waals surface area contributed by atoms with Crippen molar-refractivity contribution in [2.24, 2.45) is 0 Å². The number of rotatable bonds is 3. The van der Waals surface area contributed by atoms with E-state index in [1.54, 1.807) is 19.2 Å². The Balaban J connectivity index is 1.94. The van der Waals surface area contributed by atoms with Gasteiger partial charge in [-0.1, -0.05) is 23.7 Å². The maximum atomic E-state index is 12.7. The van der Waals surface area contributed by atoms with Crippen LogP contribution in [0.5, 0.6) is 5.75 Å². The molecule has 0 radical (unpaired) electrons. The third kappa shape index (κ3) is 3.21. The first-order valence-corrected chi connectivity index (χ1v) is 6.85. The molecule has 0 bridgehead atoms. The molecule has 0 atom stereocenters. The molecule has 120 valence electrons. The predicted molar refractivity (Wildman–Crippen MR) is 77.4 cm³/mol. The van der Waals surface area contributed by atoms with Crippen molar-refractivity contribution in [2.45, 2.75) is 12.7 Å². The van der Waals surface area contributed by atoms with Gasteiger partial charge >= 0.3 is 6.18 Å². The van der Waals surface area contributed by atoms with Crippen molar-refractivity contribution in [3.63, 3.8) is 0 Å². The summed E-state index contributed by atoms with van der Waals surface area (Å²) < 4.78 is 44.6. The van der Waals surface area contributed by atoms with Crippen LogP contribution in [-0.2, 0) is 12.7 Å². The van der Waals surface area contributed by atoms with Crippen LogP contribution < -0.4 is 4.74 Å². The van der Waals surface area contributed by atoms with Gasteiger partial charge in [-0.05, 0) is 17.7 Å². The van der Waals surface area contributed by atoms with E-state index in [1.807, 2.05) is 12.1 Å². The maximum absolute atomic E-state index is 12.7. The molecule has 0 aliphatic carbocycles. The lowest BCUT2D eigenvalue weighted by atomic mass is 10.2. The Morgan fingerprint density at radius 3 is 2.48 bits per heavy atom. The number of hydrogen-bond acceptors (Lipinski definition) is 4. The van der Waals surface area contributed by atoms with Gasteiger partial charge in [0.25, 0.3) is 0 Å². The molecule has 0 saturated heterocycles. The number of hydrogen-bond donors (Lipinski definition) is 0. The van der Waals surface area contributed by atoms with Crippen molar-refractivity contribution in [1.82, 2.24) is 19.7 Å². The highest BCUT2D eigenvalue weighted by Gasteiger charge is 2.35. The number of ether oxygens (including phenoxy) is 1. The Morgan fingerprint density at radius 2 is 1.87 bits per heavy atom. The summed E-state index contributed by atoms with van der Waals surface area (Å²) in [6, 6.07) is 7.24. The molecule has 0 N–H and O–H groups in total. The van der Waals surface area contributed by atoms with Crippen molar-refractivity contribution >= 4 is 22.6 Å². The van der Waals surface area contributed by atoms with Crippen molar-refractivity contribution < 1.29 is 17.9 Å². The van der Waals surface area contributed by atoms with Gasteiger partial charge in [0, 0.05) is 0 Å². The Hall–Kier alpha value is -2.35. The topological polar surface area (TPSA) is 52.8 Å². The van der Waals surface area contributed by atoms with E-state index in [9.17, 15) is 13.2 Å². The number of benzene rings is 1. The van der Waals surface area contributed by atoms with E-state index in [0.717, 1.165) is 5.56 Å². The molecule has 3 aromatic rings. The third-order valence-corrected chi connectivity index (χ3v) is 3.39. The van der Waals surface area contributed by atoms with Gasteiger partial charge in [-0.2, -0.15) is 18.3 Å². The largest absolute Gasteiger partial charge is 0.497 e. The second-order valence-electron chi connectivity index (χ2n) is 4.74. The second kappa shape index (κ2) is 5.69. The Bertz CT molecular complexity index is 846. The predicted octanol–water partition coefficient (Wildman–Crippen LogP) is 3.56. The molecule has 9 heteroatoms. The van der Waals surface area contributed by atoms with E-state index in [0.29, 0.717) is 12.3 Å². The van der Waals surface area contributed by atoms with Crippen LogP contribution in [0.25, 0.3) is 11.0 Å². The first-order valence-electron chi connectivity index (χ1n) is 6.47. The van der Waals surface area contributed by atoms with E-state index in [2.05, 4.69) is 15.1 Å². The number of alkyl halides is 3. The summed E-state index contributed by atoms with van der Waals surface area (Å²) >= 11 is 5.78. The maximum Gasteiger partial charge on any atom is 0.451 e. The summed E-state index contributed by atoms with van der Waals surface area (Å²) in [5.74, 6) is -0.567. The van der Waals surface area contributed by atoms with Crippen LogP contribution in [0.1, 0.15) is 11.4 Å². The highest BCUT2D eigenvalue weighted by atomic mass is 35.5. The van der Waals surface area contributed by atoms with Gasteiger partial charge in [-0.25, -0.2) is 9.97 Å². The molecule has 0 aliphatic heterocycles. The minimum Gasteiger partial charge on any atom is -0.497 e. The van der Waals surface area contributed by atoms with E-state index in [-0.39, 0.29) is 16.2 Å². The molecule has 3 rings (SSSR count). The van der Waals surface area contributed by atoms with Crippen LogP contribution in [0.3, 0.4) is 0 Å². The van der Waals surface area contributed by atoms with Gasteiger partial charge in [0.15, 0.2) is 5.15 Å². The number of halogens is 4. The Labute approximate surface area is 133 Å². The lowest BCUT2D eigenvalue weighted by molar-refractivity contribution is -0.144. The summed E-state index contributed by atoms with van der Waals surface area (Å²) in [5, 5.41) is 3.81. The molecule has 0 aliphatic rings. The van der Waals surface area contributed by atoms with Gasteiger partial charge in [-0.15, -0.1) is 0 Å².